The Balaban J connectivity index is 2.19. The second-order valence-electron chi connectivity index (χ2n) is 2.47. The van der Waals surface area contributed by atoms with Crippen molar-refractivity contribution < 1.29 is 9.53 Å². The number of methoxy groups -OCH3 is 1. The average Bonchev–Trinajstić information content (AvgIpc) is 2.67. The van der Waals surface area contributed by atoms with Crippen LogP contribution in [0.4, 0.5) is 0 Å². The van der Waals surface area contributed by atoms with Gasteiger partial charge in [0.05, 0.1) is 19.4 Å². The number of hydrogen-bond donors (Lipinski definition) is 0. The Kier molecular flexibility index (Phi) is 1.91. The van der Waals surface area contributed by atoms with Gasteiger partial charge in [-0.3, -0.25) is 4.79 Å². The topological polar surface area (TPSA) is 30.7 Å². The Bertz CT molecular complexity index is 183. The van der Waals surface area contributed by atoms with Gasteiger partial charge < -0.3 is 9.58 Å². The highest BCUT2D eigenvalue weighted by atomic mass is 16.5. The summed E-state index contributed by atoms with van der Waals surface area (Å²) >= 11 is 0. The van der Waals surface area contributed by atoms with E-state index in [0.29, 0.717) is 6.42 Å². The van der Waals surface area contributed by atoms with Crippen molar-refractivity contribution in [1.82, 2.24) is 0 Å². The first kappa shape index (κ1) is 7.07. The van der Waals surface area contributed by atoms with Crippen LogP contribution < -0.4 is 0 Å². The quantitative estimate of drug-likeness (QED) is 0.419. The Morgan fingerprint density at radius 2 is 2.60 bits per heavy atom. The lowest BCUT2D eigenvalue weighted by atomic mass is 10.3. The molecule has 1 fully saturated rings. The highest BCUT2D eigenvalue weighted by molar-refractivity contribution is 5.70. The third-order valence-corrected chi connectivity index (χ3v) is 1.71. The molecule has 0 spiro atoms. The Labute approximate surface area is 59.8 Å². The molecule has 0 bridgehead atoms. The van der Waals surface area contributed by atoms with Crippen molar-refractivity contribution >= 4 is 5.97 Å². The zero-order chi connectivity index (χ0) is 7.56. The number of ether oxygens (including phenoxy) is 1. The van der Waals surface area contributed by atoms with Crippen LogP contribution in [0.1, 0.15) is 12.8 Å². The SMILES string of the molecule is [C-]#[N+]C1CC1CC(=O)OC. The molecule has 0 aromatic carbocycles. The fraction of sp³-hybridized carbons (Fsp3) is 0.714. The first-order valence-electron chi connectivity index (χ1n) is 3.21. The molecular weight excluding hydrogens is 130 g/mol. The molecule has 2 unspecified atom stereocenters. The van der Waals surface area contributed by atoms with Crippen LogP contribution in [0.25, 0.3) is 4.85 Å². The first-order chi connectivity index (χ1) is 4.77. The van der Waals surface area contributed by atoms with Crippen LogP contribution in [-0.2, 0) is 9.53 Å². The van der Waals surface area contributed by atoms with E-state index in [4.69, 9.17) is 6.57 Å². The summed E-state index contributed by atoms with van der Waals surface area (Å²) < 4.78 is 4.45. The van der Waals surface area contributed by atoms with Crippen molar-refractivity contribution in [3.05, 3.63) is 11.4 Å². The van der Waals surface area contributed by atoms with E-state index in [1.807, 2.05) is 0 Å². The van der Waals surface area contributed by atoms with Crippen LogP contribution in [0.15, 0.2) is 0 Å². The molecule has 0 heterocycles. The molecule has 2 atom stereocenters. The monoisotopic (exact) mass is 139 g/mol. The van der Waals surface area contributed by atoms with E-state index in [1.54, 1.807) is 0 Å². The Morgan fingerprint density at radius 1 is 1.90 bits per heavy atom. The predicted octanol–water partition coefficient (Wildman–Crippen LogP) is 0.857. The van der Waals surface area contributed by atoms with Crippen molar-refractivity contribution in [2.45, 2.75) is 18.9 Å². The Hall–Kier alpha value is -1.04. The number of carbonyl (C=O) groups excluding carboxylic acids is 1. The minimum atomic E-state index is -0.198. The van der Waals surface area contributed by atoms with Crippen molar-refractivity contribution in [1.29, 1.82) is 0 Å². The third-order valence-electron chi connectivity index (χ3n) is 1.71. The van der Waals surface area contributed by atoms with Gasteiger partial charge in [0.15, 0.2) is 0 Å². The maximum atomic E-state index is 10.6. The number of hydrogen-bond acceptors (Lipinski definition) is 2. The van der Waals surface area contributed by atoms with Crippen LogP contribution in [-0.4, -0.2) is 19.1 Å². The van der Waals surface area contributed by atoms with Crippen LogP contribution in [0, 0.1) is 12.5 Å². The lowest BCUT2D eigenvalue weighted by molar-refractivity contribution is -0.141. The lowest BCUT2D eigenvalue weighted by Gasteiger charge is -1.92. The molecule has 0 aliphatic heterocycles. The van der Waals surface area contributed by atoms with E-state index in [9.17, 15) is 4.79 Å². The molecule has 10 heavy (non-hydrogen) atoms. The molecule has 1 aliphatic rings. The van der Waals surface area contributed by atoms with E-state index < -0.39 is 0 Å². The van der Waals surface area contributed by atoms with Gasteiger partial charge in [0.25, 0.3) is 0 Å². The molecule has 54 valence electrons. The fourth-order valence-corrected chi connectivity index (χ4v) is 0.907. The van der Waals surface area contributed by atoms with E-state index in [0.717, 1.165) is 6.42 Å². The zero-order valence-electron chi connectivity index (χ0n) is 5.83. The second kappa shape index (κ2) is 2.70. The van der Waals surface area contributed by atoms with Gasteiger partial charge in [-0.2, -0.15) is 0 Å². The van der Waals surface area contributed by atoms with Gasteiger partial charge in [-0.15, -0.1) is 0 Å². The first-order valence-corrected chi connectivity index (χ1v) is 3.21. The molecule has 0 amide bonds. The fourth-order valence-electron chi connectivity index (χ4n) is 0.907. The van der Waals surface area contributed by atoms with Gasteiger partial charge in [0.1, 0.15) is 0 Å². The molecule has 0 saturated heterocycles. The molecule has 3 heteroatoms. The Morgan fingerprint density at radius 3 is 3.00 bits per heavy atom. The van der Waals surface area contributed by atoms with Gasteiger partial charge >= 0.3 is 5.97 Å². The van der Waals surface area contributed by atoms with Crippen molar-refractivity contribution in [3.8, 4) is 0 Å². The summed E-state index contributed by atoms with van der Waals surface area (Å²) in [6.07, 6.45) is 1.29. The molecule has 1 saturated carbocycles. The van der Waals surface area contributed by atoms with E-state index >= 15 is 0 Å². The minimum Gasteiger partial charge on any atom is -0.469 e. The van der Waals surface area contributed by atoms with Crippen molar-refractivity contribution in [2.24, 2.45) is 5.92 Å². The van der Waals surface area contributed by atoms with E-state index in [-0.39, 0.29) is 17.9 Å². The number of carbonyl (C=O) groups is 1. The lowest BCUT2D eigenvalue weighted by Crippen LogP contribution is -2.01. The van der Waals surface area contributed by atoms with Crippen LogP contribution >= 0.6 is 0 Å². The third kappa shape index (κ3) is 1.47. The summed E-state index contributed by atoms with van der Waals surface area (Å²) in [6.45, 7) is 6.62. The maximum Gasteiger partial charge on any atom is 0.306 e. The molecule has 3 nitrogen and oxygen atoms in total. The van der Waals surface area contributed by atoms with Gasteiger partial charge in [0, 0.05) is 6.42 Å². The molecule has 0 aromatic rings. The molecular formula is C7H9NO2. The summed E-state index contributed by atoms with van der Waals surface area (Å²) in [4.78, 5) is 13.9. The van der Waals surface area contributed by atoms with Gasteiger partial charge in [-0.05, 0) is 0 Å². The van der Waals surface area contributed by atoms with E-state index in [2.05, 4.69) is 9.58 Å². The number of esters is 1. The van der Waals surface area contributed by atoms with Gasteiger partial charge in [-0.25, -0.2) is 6.57 Å². The summed E-state index contributed by atoms with van der Waals surface area (Å²) in [5, 5.41) is 0. The number of rotatable bonds is 2. The van der Waals surface area contributed by atoms with Gasteiger partial charge in [-0.1, -0.05) is 0 Å². The standard InChI is InChI=1S/C7H9NO2/c1-8-6-3-5(6)4-7(9)10-2/h5-6H,3-4H2,2H3. The summed E-state index contributed by atoms with van der Waals surface area (Å²) in [7, 11) is 1.37. The molecule has 0 radical (unpaired) electrons. The summed E-state index contributed by atoms with van der Waals surface area (Å²) in [5.41, 5.74) is 0. The maximum absolute atomic E-state index is 10.6. The molecule has 1 aliphatic carbocycles. The smallest absolute Gasteiger partial charge is 0.306 e. The van der Waals surface area contributed by atoms with Crippen LogP contribution in [0.3, 0.4) is 0 Å². The van der Waals surface area contributed by atoms with Crippen LogP contribution in [0.5, 0.6) is 0 Å². The normalized spacial score (nSPS) is 28.8. The largest absolute Gasteiger partial charge is 0.469 e. The molecule has 0 N–H and O–H groups in total. The molecule has 0 aromatic heterocycles. The molecule has 1 rings (SSSR count). The summed E-state index contributed by atoms with van der Waals surface area (Å²) in [5.74, 6) is 0.0844. The highest BCUT2D eigenvalue weighted by Gasteiger charge is 2.45. The highest BCUT2D eigenvalue weighted by Crippen LogP contribution is 2.36. The van der Waals surface area contributed by atoms with Gasteiger partial charge in [0.2, 0.25) is 6.04 Å². The van der Waals surface area contributed by atoms with Crippen LogP contribution in [0.2, 0.25) is 0 Å². The number of nitrogens with zero attached hydrogens (tertiary/aromatic N) is 1. The zero-order valence-corrected chi connectivity index (χ0v) is 5.83. The second-order valence-corrected chi connectivity index (χ2v) is 2.47. The minimum absolute atomic E-state index is 0.0964. The van der Waals surface area contributed by atoms with E-state index in [1.165, 1.54) is 7.11 Å². The predicted molar refractivity (Wildman–Crippen MR) is 35.1 cm³/mol. The van der Waals surface area contributed by atoms with Crippen molar-refractivity contribution in [3.63, 3.8) is 0 Å². The summed E-state index contributed by atoms with van der Waals surface area (Å²) in [6, 6.07) is 0.0964. The van der Waals surface area contributed by atoms with Crippen molar-refractivity contribution in [2.75, 3.05) is 7.11 Å². The average molecular weight is 139 g/mol.